The fraction of sp³-hybridized carbons (Fsp3) is 1.00. The summed E-state index contributed by atoms with van der Waals surface area (Å²) in [4.78, 5) is 0. The number of hydrogen-bond acceptors (Lipinski definition) is 1. The minimum atomic E-state index is -2.40. The number of nitrogens with one attached hydrogen (secondary N) is 1. The SMILES string of the molecule is CCNC(C(CC)CC)C1CCC(F)(F)CC1. The lowest BCUT2D eigenvalue weighted by Crippen LogP contribution is -2.44. The van der Waals surface area contributed by atoms with Crippen molar-refractivity contribution in [2.75, 3.05) is 6.54 Å². The molecule has 0 saturated heterocycles. The lowest BCUT2D eigenvalue weighted by atomic mass is 9.76. The van der Waals surface area contributed by atoms with Crippen molar-refractivity contribution >= 4 is 0 Å². The van der Waals surface area contributed by atoms with Crippen LogP contribution in [0, 0.1) is 11.8 Å². The zero-order valence-electron chi connectivity index (χ0n) is 11.4. The molecule has 1 aliphatic carbocycles. The maximum absolute atomic E-state index is 13.2. The third-order valence-electron chi connectivity index (χ3n) is 4.27. The fourth-order valence-corrected chi connectivity index (χ4v) is 3.17. The zero-order chi connectivity index (χ0) is 12.9. The predicted octanol–water partition coefficient (Wildman–Crippen LogP) is 4.23. The molecule has 0 heterocycles. The van der Waals surface area contributed by atoms with E-state index in [1.54, 1.807) is 0 Å². The van der Waals surface area contributed by atoms with Crippen molar-refractivity contribution in [3.8, 4) is 0 Å². The van der Waals surface area contributed by atoms with Crippen LogP contribution in [-0.4, -0.2) is 18.5 Å². The first kappa shape index (κ1) is 14.9. The number of halogens is 2. The summed E-state index contributed by atoms with van der Waals surface area (Å²) >= 11 is 0. The molecule has 0 spiro atoms. The highest BCUT2D eigenvalue weighted by Crippen LogP contribution is 2.39. The van der Waals surface area contributed by atoms with Crippen LogP contribution in [0.4, 0.5) is 8.78 Å². The molecule has 1 unspecified atom stereocenters. The van der Waals surface area contributed by atoms with Crippen molar-refractivity contribution in [3.05, 3.63) is 0 Å². The average molecular weight is 247 g/mol. The van der Waals surface area contributed by atoms with Crippen molar-refractivity contribution in [2.45, 2.75) is 71.3 Å². The van der Waals surface area contributed by atoms with Crippen LogP contribution in [0.2, 0.25) is 0 Å². The van der Waals surface area contributed by atoms with Crippen molar-refractivity contribution in [2.24, 2.45) is 11.8 Å². The fourth-order valence-electron chi connectivity index (χ4n) is 3.17. The Kier molecular flexibility index (Phi) is 5.84. The molecule has 1 aliphatic rings. The lowest BCUT2D eigenvalue weighted by molar-refractivity contribution is -0.0521. The molecule has 0 aromatic rings. The molecule has 17 heavy (non-hydrogen) atoms. The minimum Gasteiger partial charge on any atom is -0.314 e. The summed E-state index contributed by atoms with van der Waals surface area (Å²) in [6.45, 7) is 7.45. The number of hydrogen-bond donors (Lipinski definition) is 1. The van der Waals surface area contributed by atoms with E-state index < -0.39 is 5.92 Å². The van der Waals surface area contributed by atoms with Crippen LogP contribution in [0.3, 0.4) is 0 Å². The second-order valence-corrected chi connectivity index (χ2v) is 5.35. The van der Waals surface area contributed by atoms with Crippen LogP contribution >= 0.6 is 0 Å². The molecule has 1 saturated carbocycles. The second-order valence-electron chi connectivity index (χ2n) is 5.35. The monoisotopic (exact) mass is 247 g/mol. The number of rotatable bonds is 6. The Bertz CT molecular complexity index is 204. The van der Waals surface area contributed by atoms with E-state index in [4.69, 9.17) is 0 Å². The van der Waals surface area contributed by atoms with Crippen LogP contribution in [0.15, 0.2) is 0 Å². The van der Waals surface area contributed by atoms with Crippen molar-refractivity contribution in [3.63, 3.8) is 0 Å². The van der Waals surface area contributed by atoms with Crippen LogP contribution in [0.5, 0.6) is 0 Å². The molecule has 1 fully saturated rings. The molecule has 0 amide bonds. The van der Waals surface area contributed by atoms with Gasteiger partial charge in [-0.05, 0) is 31.2 Å². The van der Waals surface area contributed by atoms with Gasteiger partial charge in [0.2, 0.25) is 5.92 Å². The van der Waals surface area contributed by atoms with Crippen LogP contribution < -0.4 is 5.32 Å². The van der Waals surface area contributed by atoms with Gasteiger partial charge < -0.3 is 5.32 Å². The maximum atomic E-state index is 13.2. The first-order chi connectivity index (χ1) is 8.04. The predicted molar refractivity (Wildman–Crippen MR) is 68.4 cm³/mol. The molecular formula is C14H27F2N. The highest BCUT2D eigenvalue weighted by molar-refractivity contribution is 4.87. The first-order valence-corrected chi connectivity index (χ1v) is 7.15. The van der Waals surface area contributed by atoms with E-state index in [1.165, 1.54) is 0 Å². The van der Waals surface area contributed by atoms with E-state index in [9.17, 15) is 8.78 Å². The Morgan fingerprint density at radius 2 is 1.65 bits per heavy atom. The van der Waals surface area contributed by atoms with Gasteiger partial charge in [0.1, 0.15) is 0 Å². The molecule has 3 heteroatoms. The van der Waals surface area contributed by atoms with Crippen LogP contribution in [0.25, 0.3) is 0 Å². The average Bonchev–Trinajstić information content (AvgIpc) is 2.30. The molecule has 0 aliphatic heterocycles. The van der Waals surface area contributed by atoms with Gasteiger partial charge in [-0.25, -0.2) is 8.78 Å². The Balaban J connectivity index is 2.59. The molecule has 1 N–H and O–H groups in total. The van der Waals surface area contributed by atoms with E-state index in [2.05, 4.69) is 26.1 Å². The summed E-state index contributed by atoms with van der Waals surface area (Å²) in [6, 6.07) is 0.436. The lowest BCUT2D eigenvalue weighted by Gasteiger charge is -2.38. The normalized spacial score (nSPS) is 22.9. The summed E-state index contributed by atoms with van der Waals surface area (Å²) in [5, 5.41) is 3.54. The summed E-state index contributed by atoms with van der Waals surface area (Å²) in [7, 11) is 0. The number of alkyl halides is 2. The van der Waals surface area contributed by atoms with Crippen molar-refractivity contribution in [1.29, 1.82) is 0 Å². The Labute approximate surface area is 104 Å². The van der Waals surface area contributed by atoms with Gasteiger partial charge in [-0.3, -0.25) is 0 Å². The highest BCUT2D eigenvalue weighted by Gasteiger charge is 2.38. The largest absolute Gasteiger partial charge is 0.314 e. The standard InChI is InChI=1S/C14H27F2N/c1-4-11(5-2)13(17-6-3)12-7-9-14(15,16)10-8-12/h11-13,17H,4-10H2,1-3H3. The summed E-state index contributed by atoms with van der Waals surface area (Å²) in [5.74, 6) is -1.33. The summed E-state index contributed by atoms with van der Waals surface area (Å²) in [5.41, 5.74) is 0. The molecule has 1 rings (SSSR count). The van der Waals surface area contributed by atoms with E-state index in [0.717, 1.165) is 19.4 Å². The summed E-state index contributed by atoms with van der Waals surface area (Å²) in [6.07, 6.45) is 3.81. The van der Waals surface area contributed by atoms with Gasteiger partial charge in [0.05, 0.1) is 0 Å². The van der Waals surface area contributed by atoms with Crippen molar-refractivity contribution in [1.82, 2.24) is 5.32 Å². The molecule has 0 aromatic heterocycles. The maximum Gasteiger partial charge on any atom is 0.248 e. The molecule has 0 radical (unpaired) electrons. The topological polar surface area (TPSA) is 12.0 Å². The van der Waals surface area contributed by atoms with E-state index >= 15 is 0 Å². The Hall–Kier alpha value is -0.180. The van der Waals surface area contributed by atoms with Gasteiger partial charge in [0.15, 0.2) is 0 Å². The third kappa shape index (κ3) is 4.20. The molecule has 1 atom stereocenters. The van der Waals surface area contributed by atoms with Gasteiger partial charge in [0.25, 0.3) is 0 Å². The van der Waals surface area contributed by atoms with Gasteiger partial charge in [-0.2, -0.15) is 0 Å². The van der Waals surface area contributed by atoms with E-state index in [1.807, 2.05) is 0 Å². The smallest absolute Gasteiger partial charge is 0.248 e. The first-order valence-electron chi connectivity index (χ1n) is 7.15. The molecule has 0 bridgehead atoms. The van der Waals surface area contributed by atoms with Crippen LogP contribution in [0.1, 0.15) is 59.3 Å². The molecule has 1 nitrogen and oxygen atoms in total. The van der Waals surface area contributed by atoms with Gasteiger partial charge >= 0.3 is 0 Å². The quantitative estimate of drug-likeness (QED) is 0.740. The molecule has 0 aromatic carbocycles. The van der Waals surface area contributed by atoms with Gasteiger partial charge in [-0.1, -0.05) is 33.6 Å². The third-order valence-corrected chi connectivity index (χ3v) is 4.27. The van der Waals surface area contributed by atoms with E-state index in [0.29, 0.717) is 30.7 Å². The summed E-state index contributed by atoms with van der Waals surface area (Å²) < 4.78 is 26.3. The van der Waals surface area contributed by atoms with E-state index in [-0.39, 0.29) is 12.8 Å². The van der Waals surface area contributed by atoms with Gasteiger partial charge in [-0.15, -0.1) is 0 Å². The highest BCUT2D eigenvalue weighted by atomic mass is 19.3. The van der Waals surface area contributed by atoms with Crippen LogP contribution in [-0.2, 0) is 0 Å². The Morgan fingerprint density at radius 3 is 2.06 bits per heavy atom. The minimum absolute atomic E-state index is 0.0830. The zero-order valence-corrected chi connectivity index (χ0v) is 11.4. The Morgan fingerprint density at radius 1 is 1.12 bits per heavy atom. The van der Waals surface area contributed by atoms with Crippen molar-refractivity contribution < 1.29 is 8.78 Å². The second kappa shape index (κ2) is 6.67. The van der Waals surface area contributed by atoms with Gasteiger partial charge in [0, 0.05) is 18.9 Å². The molecular weight excluding hydrogens is 220 g/mol. The molecule has 102 valence electrons.